The van der Waals surface area contributed by atoms with Crippen LogP contribution in [-0.2, 0) is 14.8 Å². The van der Waals surface area contributed by atoms with Gasteiger partial charge in [0.05, 0.1) is 11.2 Å². The molecule has 0 unspecified atom stereocenters. The van der Waals surface area contributed by atoms with Gasteiger partial charge >= 0.3 is 0 Å². The van der Waals surface area contributed by atoms with Gasteiger partial charge in [-0.2, -0.15) is 14.8 Å². The molecule has 0 spiro atoms. The molecule has 24 heavy (non-hydrogen) atoms. The summed E-state index contributed by atoms with van der Waals surface area (Å²) in [6.07, 6.45) is 5.40. The number of nitrogens with one attached hydrogen (secondary N) is 1. The number of hydrogen-bond acceptors (Lipinski definition) is 7. The lowest BCUT2D eigenvalue weighted by molar-refractivity contribution is -0.127. The highest BCUT2D eigenvalue weighted by Gasteiger charge is 2.52. The summed E-state index contributed by atoms with van der Waals surface area (Å²) >= 11 is 0. The molecular formula is C13H15N7O3S. The van der Waals surface area contributed by atoms with Gasteiger partial charge in [0, 0.05) is 25.5 Å². The second-order valence-corrected chi connectivity index (χ2v) is 7.90. The molecule has 5 heterocycles. The molecular weight excluding hydrogens is 334 g/mol. The van der Waals surface area contributed by atoms with Gasteiger partial charge in [0.2, 0.25) is 21.9 Å². The van der Waals surface area contributed by atoms with Crippen LogP contribution in [0.4, 0.5) is 5.95 Å². The second-order valence-electron chi connectivity index (χ2n) is 5.93. The number of fused-ring (bicyclic) bond motifs is 3. The standard InChI is InChI=1S/C13H15N7O3S/c21-10(13-2-6-19(7-3-13)24(22,23)8-13)18-12-16-9-17-20(12)11-14-4-1-5-15-11/h1,4-5,9H,2-3,6-8H2,(H,16,17,18,21). The van der Waals surface area contributed by atoms with Crippen LogP contribution in [-0.4, -0.2) is 62.2 Å². The number of rotatable bonds is 3. The summed E-state index contributed by atoms with van der Waals surface area (Å²) in [6, 6.07) is 1.66. The average Bonchev–Trinajstić information content (AvgIpc) is 3.03. The number of amides is 1. The zero-order valence-corrected chi connectivity index (χ0v) is 13.5. The van der Waals surface area contributed by atoms with Crippen molar-refractivity contribution in [1.82, 2.24) is 29.0 Å². The monoisotopic (exact) mass is 349 g/mol. The Morgan fingerprint density at radius 2 is 1.88 bits per heavy atom. The average molecular weight is 349 g/mol. The summed E-state index contributed by atoms with van der Waals surface area (Å²) in [5, 5.41) is 6.71. The molecule has 126 valence electrons. The maximum absolute atomic E-state index is 12.8. The second kappa shape index (κ2) is 5.31. The van der Waals surface area contributed by atoms with Gasteiger partial charge in [-0.3, -0.25) is 10.1 Å². The predicted molar refractivity (Wildman–Crippen MR) is 82.6 cm³/mol. The molecule has 3 saturated heterocycles. The van der Waals surface area contributed by atoms with Crippen molar-refractivity contribution in [3.05, 3.63) is 24.8 Å². The highest BCUT2D eigenvalue weighted by atomic mass is 32.2. The minimum absolute atomic E-state index is 0.165. The number of anilines is 1. The number of sulfonamides is 1. The van der Waals surface area contributed by atoms with Gasteiger partial charge in [-0.05, 0) is 18.9 Å². The largest absolute Gasteiger partial charge is 0.294 e. The maximum atomic E-state index is 12.8. The quantitative estimate of drug-likeness (QED) is 0.786. The number of nitrogens with zero attached hydrogens (tertiary/aromatic N) is 6. The summed E-state index contributed by atoms with van der Waals surface area (Å²) in [6.45, 7) is 0.758. The highest BCUT2D eigenvalue weighted by molar-refractivity contribution is 7.89. The van der Waals surface area contributed by atoms with Gasteiger partial charge in [-0.15, -0.1) is 0 Å². The third-order valence-corrected chi connectivity index (χ3v) is 6.60. The van der Waals surface area contributed by atoms with E-state index in [0.29, 0.717) is 25.9 Å². The molecule has 2 bridgehead atoms. The zero-order chi connectivity index (χ0) is 16.8. The maximum Gasteiger partial charge on any atom is 0.253 e. The van der Waals surface area contributed by atoms with E-state index in [1.54, 1.807) is 18.5 Å². The van der Waals surface area contributed by atoms with E-state index in [1.807, 2.05) is 0 Å². The minimum atomic E-state index is -3.36. The Morgan fingerprint density at radius 1 is 1.17 bits per heavy atom. The Kier molecular flexibility index (Phi) is 3.35. The van der Waals surface area contributed by atoms with Crippen molar-refractivity contribution in [2.24, 2.45) is 5.41 Å². The van der Waals surface area contributed by atoms with E-state index in [4.69, 9.17) is 0 Å². The number of hydrogen-bond donors (Lipinski definition) is 1. The SMILES string of the molecule is O=C(Nc1ncnn1-c1ncccn1)C12CCN(CC1)S(=O)(=O)C2. The van der Waals surface area contributed by atoms with Crippen molar-refractivity contribution in [2.75, 3.05) is 24.2 Å². The molecule has 1 N–H and O–H groups in total. The summed E-state index contributed by atoms with van der Waals surface area (Å²) in [5.74, 6) is -0.0718. The van der Waals surface area contributed by atoms with Crippen LogP contribution < -0.4 is 5.32 Å². The molecule has 1 amide bonds. The molecule has 2 aromatic rings. The number of piperidine rings is 1. The smallest absolute Gasteiger partial charge is 0.253 e. The molecule has 11 heteroatoms. The van der Waals surface area contributed by atoms with Crippen molar-refractivity contribution in [3.63, 3.8) is 0 Å². The van der Waals surface area contributed by atoms with Gasteiger partial charge in [-0.1, -0.05) is 0 Å². The molecule has 2 aromatic heterocycles. The number of aromatic nitrogens is 5. The first kappa shape index (κ1) is 15.1. The van der Waals surface area contributed by atoms with Gasteiger partial charge < -0.3 is 0 Å². The molecule has 0 atom stereocenters. The summed E-state index contributed by atoms with van der Waals surface area (Å²) in [5.41, 5.74) is -0.915. The summed E-state index contributed by atoms with van der Waals surface area (Å²) in [4.78, 5) is 25.0. The normalized spacial score (nSPS) is 27.8. The lowest BCUT2D eigenvalue weighted by atomic mass is 9.79. The number of carbonyl (C=O) groups excluding carboxylic acids is 1. The lowest BCUT2D eigenvalue weighted by Gasteiger charge is -2.45. The van der Waals surface area contributed by atoms with Crippen LogP contribution in [0.5, 0.6) is 0 Å². The fourth-order valence-corrected chi connectivity index (χ4v) is 5.22. The first-order valence-electron chi connectivity index (χ1n) is 7.47. The Hall–Kier alpha value is -2.40. The molecule has 0 aliphatic carbocycles. The molecule has 0 radical (unpaired) electrons. The predicted octanol–water partition coefficient (Wildman–Crippen LogP) is -0.579. The van der Waals surface area contributed by atoms with E-state index in [9.17, 15) is 13.2 Å². The van der Waals surface area contributed by atoms with Crippen LogP contribution in [0.15, 0.2) is 24.8 Å². The summed E-state index contributed by atoms with van der Waals surface area (Å²) in [7, 11) is -3.36. The molecule has 3 aliphatic heterocycles. The van der Waals surface area contributed by atoms with E-state index >= 15 is 0 Å². The van der Waals surface area contributed by atoms with Crippen molar-refractivity contribution in [1.29, 1.82) is 0 Å². The van der Waals surface area contributed by atoms with Crippen LogP contribution in [0, 0.1) is 5.41 Å². The molecule has 3 fully saturated rings. The molecule has 3 aliphatic rings. The molecule has 10 nitrogen and oxygen atoms in total. The van der Waals surface area contributed by atoms with E-state index in [1.165, 1.54) is 15.3 Å². The van der Waals surface area contributed by atoms with Gasteiger partial charge in [-0.25, -0.2) is 22.7 Å². The van der Waals surface area contributed by atoms with Crippen LogP contribution in [0.1, 0.15) is 12.8 Å². The van der Waals surface area contributed by atoms with Crippen molar-refractivity contribution >= 4 is 21.9 Å². The van der Waals surface area contributed by atoms with Crippen molar-refractivity contribution in [3.8, 4) is 5.95 Å². The highest BCUT2D eigenvalue weighted by Crippen LogP contribution is 2.41. The molecule has 5 rings (SSSR count). The fourth-order valence-electron chi connectivity index (χ4n) is 3.18. The Morgan fingerprint density at radius 3 is 2.54 bits per heavy atom. The van der Waals surface area contributed by atoms with E-state index in [-0.39, 0.29) is 23.6 Å². The number of carbonyl (C=O) groups is 1. The first-order valence-corrected chi connectivity index (χ1v) is 9.08. The third kappa shape index (κ3) is 2.36. The lowest BCUT2D eigenvalue weighted by Crippen LogP contribution is -2.59. The Bertz CT molecular complexity index is 872. The van der Waals surface area contributed by atoms with Gasteiger partial charge in [0.1, 0.15) is 6.33 Å². The topological polar surface area (TPSA) is 123 Å². The van der Waals surface area contributed by atoms with E-state index < -0.39 is 15.4 Å². The molecule has 0 saturated carbocycles. The van der Waals surface area contributed by atoms with Crippen molar-refractivity contribution in [2.45, 2.75) is 12.8 Å². The van der Waals surface area contributed by atoms with E-state index in [2.05, 4.69) is 25.4 Å². The van der Waals surface area contributed by atoms with Gasteiger partial charge in [0.15, 0.2) is 0 Å². The van der Waals surface area contributed by atoms with Crippen molar-refractivity contribution < 1.29 is 13.2 Å². The van der Waals surface area contributed by atoms with Crippen LogP contribution >= 0.6 is 0 Å². The van der Waals surface area contributed by atoms with Crippen LogP contribution in [0.2, 0.25) is 0 Å². The van der Waals surface area contributed by atoms with Gasteiger partial charge in [0.25, 0.3) is 5.95 Å². The Balaban J connectivity index is 1.61. The third-order valence-electron chi connectivity index (χ3n) is 4.53. The first-order chi connectivity index (χ1) is 11.5. The van der Waals surface area contributed by atoms with E-state index in [0.717, 1.165) is 0 Å². The zero-order valence-electron chi connectivity index (χ0n) is 12.7. The summed E-state index contributed by atoms with van der Waals surface area (Å²) < 4.78 is 27.0. The molecule has 0 aromatic carbocycles. The Labute approximate surface area is 138 Å². The minimum Gasteiger partial charge on any atom is -0.294 e. The fraction of sp³-hybridized carbons (Fsp3) is 0.462. The van der Waals surface area contributed by atoms with Crippen LogP contribution in [0.3, 0.4) is 0 Å². The van der Waals surface area contributed by atoms with Crippen LogP contribution in [0.25, 0.3) is 5.95 Å².